The van der Waals surface area contributed by atoms with E-state index in [-0.39, 0.29) is 36.7 Å². The average molecular weight is 548 g/mol. The third-order valence-electron chi connectivity index (χ3n) is 7.47. The second-order valence-electron chi connectivity index (χ2n) is 10.2. The van der Waals surface area contributed by atoms with Crippen molar-refractivity contribution in [3.63, 3.8) is 0 Å². The number of amides is 5. The van der Waals surface area contributed by atoms with Crippen molar-refractivity contribution in [2.75, 3.05) is 44.6 Å². The van der Waals surface area contributed by atoms with Crippen LogP contribution in [-0.4, -0.2) is 89.7 Å². The predicted molar refractivity (Wildman–Crippen MR) is 145 cm³/mol. The number of benzene rings is 2. The topological polar surface area (TPSA) is 128 Å². The molecular formula is C29H33N5O6. The Balaban J connectivity index is 1.06. The number of hydrogen-bond donors (Lipinski definition) is 2. The highest BCUT2D eigenvalue weighted by atomic mass is 16.6. The number of nitrogens with one attached hydrogen (secondary N) is 2. The van der Waals surface area contributed by atoms with Gasteiger partial charge >= 0.3 is 6.09 Å². The van der Waals surface area contributed by atoms with Gasteiger partial charge in [0.2, 0.25) is 11.8 Å². The van der Waals surface area contributed by atoms with Gasteiger partial charge in [-0.05, 0) is 56.1 Å². The van der Waals surface area contributed by atoms with Gasteiger partial charge in [0.25, 0.3) is 11.8 Å². The number of carbonyl (C=O) groups is 5. The first-order valence-corrected chi connectivity index (χ1v) is 13.7. The number of nitrogens with zero attached hydrogens (tertiary/aromatic N) is 3. The van der Waals surface area contributed by atoms with Gasteiger partial charge in [0.15, 0.2) is 0 Å². The molecule has 1 unspecified atom stereocenters. The van der Waals surface area contributed by atoms with E-state index >= 15 is 0 Å². The zero-order valence-corrected chi connectivity index (χ0v) is 22.3. The minimum absolute atomic E-state index is 0.0873. The number of imide groups is 2. The van der Waals surface area contributed by atoms with Crippen molar-refractivity contribution < 1.29 is 28.7 Å². The Labute approximate surface area is 232 Å². The molecule has 11 heteroatoms. The van der Waals surface area contributed by atoms with Crippen LogP contribution in [0.2, 0.25) is 0 Å². The van der Waals surface area contributed by atoms with Crippen LogP contribution in [0, 0.1) is 0 Å². The predicted octanol–water partition coefficient (Wildman–Crippen LogP) is 2.23. The molecule has 3 aliphatic rings. The maximum Gasteiger partial charge on any atom is 0.410 e. The summed E-state index contributed by atoms with van der Waals surface area (Å²) < 4.78 is 5.48. The third kappa shape index (κ3) is 6.15. The molecular weight excluding hydrogens is 514 g/mol. The highest BCUT2D eigenvalue weighted by Crippen LogP contribution is 2.29. The molecule has 0 aromatic heterocycles. The number of rotatable bonds is 8. The zero-order chi connectivity index (χ0) is 28.1. The molecule has 2 N–H and O–H groups in total. The van der Waals surface area contributed by atoms with Crippen molar-refractivity contribution in [3.8, 4) is 0 Å². The van der Waals surface area contributed by atoms with Crippen molar-refractivity contribution in [1.82, 2.24) is 20.0 Å². The van der Waals surface area contributed by atoms with E-state index < -0.39 is 29.7 Å². The van der Waals surface area contributed by atoms with Crippen LogP contribution in [0.1, 0.15) is 52.0 Å². The number of fused-ring (bicyclic) bond motifs is 1. The van der Waals surface area contributed by atoms with Gasteiger partial charge in [-0.1, -0.05) is 30.3 Å². The molecule has 0 aliphatic carbocycles. The van der Waals surface area contributed by atoms with Gasteiger partial charge in [-0.15, -0.1) is 0 Å². The van der Waals surface area contributed by atoms with Crippen LogP contribution in [0.25, 0.3) is 0 Å². The number of carbonyl (C=O) groups excluding carboxylic acids is 5. The highest BCUT2D eigenvalue weighted by molar-refractivity contribution is 6.23. The quantitative estimate of drug-likeness (QED) is 0.381. The lowest BCUT2D eigenvalue weighted by Crippen LogP contribution is -2.54. The number of ether oxygens (including phenoxy) is 1. The molecule has 5 rings (SSSR count). The summed E-state index contributed by atoms with van der Waals surface area (Å²) >= 11 is 0. The number of piperidine rings is 1. The maximum absolute atomic E-state index is 13.0. The standard InChI is InChI=1S/C29H33N5O6/c35-25-11-10-24(26(36)31-25)34-27(37)22-9-8-21(18-23(22)28(34)38)30-12-4-13-32-14-5-15-33(17-16-32)29(39)40-19-20-6-2-1-3-7-20/h1-3,6-9,18,24,30H,4-5,10-17,19H2,(H,31,35,36). The van der Waals surface area contributed by atoms with Crippen LogP contribution < -0.4 is 10.6 Å². The Morgan fingerprint density at radius 1 is 0.950 bits per heavy atom. The highest BCUT2D eigenvalue weighted by Gasteiger charge is 2.44. The molecule has 2 fully saturated rings. The van der Waals surface area contributed by atoms with Gasteiger partial charge in [-0.2, -0.15) is 0 Å². The Morgan fingerprint density at radius 3 is 2.55 bits per heavy atom. The summed E-state index contributed by atoms with van der Waals surface area (Å²) in [6.45, 7) is 4.73. The molecule has 2 saturated heterocycles. The molecule has 0 radical (unpaired) electrons. The van der Waals surface area contributed by atoms with E-state index in [9.17, 15) is 24.0 Å². The molecule has 2 aromatic carbocycles. The maximum atomic E-state index is 13.0. The summed E-state index contributed by atoms with van der Waals surface area (Å²) in [5.74, 6) is -2.05. The molecule has 5 amide bonds. The monoisotopic (exact) mass is 547 g/mol. The van der Waals surface area contributed by atoms with Crippen molar-refractivity contribution in [2.45, 2.75) is 38.3 Å². The summed E-state index contributed by atoms with van der Waals surface area (Å²) in [5.41, 5.74) is 2.20. The molecule has 11 nitrogen and oxygen atoms in total. The lowest BCUT2D eigenvalue weighted by Gasteiger charge is -2.27. The SMILES string of the molecule is O=C1CCC(N2C(=O)c3ccc(NCCCN4CCCN(C(=O)OCc5ccccc5)CC4)cc3C2=O)C(=O)N1. The number of hydrogen-bond acceptors (Lipinski definition) is 8. The van der Waals surface area contributed by atoms with Gasteiger partial charge in [0.1, 0.15) is 12.6 Å². The van der Waals surface area contributed by atoms with Crippen LogP contribution >= 0.6 is 0 Å². The lowest BCUT2D eigenvalue weighted by molar-refractivity contribution is -0.136. The second kappa shape index (κ2) is 12.3. The minimum atomic E-state index is -0.975. The first kappa shape index (κ1) is 27.3. The fraction of sp³-hybridized carbons (Fsp3) is 0.414. The molecule has 3 aliphatic heterocycles. The molecule has 0 bridgehead atoms. The zero-order valence-electron chi connectivity index (χ0n) is 22.3. The summed E-state index contributed by atoms with van der Waals surface area (Å²) in [5, 5.41) is 5.52. The summed E-state index contributed by atoms with van der Waals surface area (Å²) in [7, 11) is 0. The Morgan fingerprint density at radius 2 is 1.75 bits per heavy atom. The molecule has 2 aromatic rings. The van der Waals surface area contributed by atoms with Crippen molar-refractivity contribution in [2.24, 2.45) is 0 Å². The number of anilines is 1. The fourth-order valence-corrected chi connectivity index (χ4v) is 5.30. The van der Waals surface area contributed by atoms with E-state index in [1.165, 1.54) is 0 Å². The molecule has 0 saturated carbocycles. The van der Waals surface area contributed by atoms with Crippen LogP contribution in [0.15, 0.2) is 48.5 Å². The Hall–Kier alpha value is -4.25. The molecule has 1 atom stereocenters. The minimum Gasteiger partial charge on any atom is -0.445 e. The van der Waals surface area contributed by atoms with Gasteiger partial charge in [-0.25, -0.2) is 4.79 Å². The first-order valence-electron chi connectivity index (χ1n) is 13.7. The largest absolute Gasteiger partial charge is 0.445 e. The Bertz CT molecular complexity index is 1300. The van der Waals surface area contributed by atoms with Crippen LogP contribution in [0.3, 0.4) is 0 Å². The van der Waals surface area contributed by atoms with Gasteiger partial charge < -0.3 is 19.9 Å². The second-order valence-corrected chi connectivity index (χ2v) is 10.2. The summed E-state index contributed by atoms with van der Waals surface area (Å²) in [6.07, 6.45) is 1.66. The van der Waals surface area contributed by atoms with Gasteiger partial charge in [-0.3, -0.25) is 29.4 Å². The normalized spacial score (nSPS) is 19.8. The van der Waals surface area contributed by atoms with E-state index in [4.69, 9.17) is 4.74 Å². The van der Waals surface area contributed by atoms with Crippen LogP contribution in [0.5, 0.6) is 0 Å². The van der Waals surface area contributed by atoms with Crippen LogP contribution in [-0.2, 0) is 20.9 Å². The van der Waals surface area contributed by atoms with Gasteiger partial charge in [0, 0.05) is 38.3 Å². The molecule has 210 valence electrons. The van der Waals surface area contributed by atoms with Gasteiger partial charge in [0.05, 0.1) is 11.1 Å². The third-order valence-corrected chi connectivity index (χ3v) is 7.47. The summed E-state index contributed by atoms with van der Waals surface area (Å²) in [6, 6.07) is 13.7. The molecule has 0 spiro atoms. The van der Waals surface area contributed by atoms with Crippen molar-refractivity contribution >= 4 is 35.4 Å². The fourth-order valence-electron chi connectivity index (χ4n) is 5.30. The van der Waals surface area contributed by atoms with E-state index in [1.807, 2.05) is 30.3 Å². The summed E-state index contributed by atoms with van der Waals surface area (Å²) in [4.78, 5) is 67.1. The van der Waals surface area contributed by atoms with E-state index in [0.29, 0.717) is 25.3 Å². The first-order chi connectivity index (χ1) is 19.4. The lowest BCUT2D eigenvalue weighted by atomic mass is 10.0. The molecule has 40 heavy (non-hydrogen) atoms. The Kier molecular flexibility index (Phi) is 8.40. The van der Waals surface area contributed by atoms with Crippen molar-refractivity contribution in [3.05, 3.63) is 65.2 Å². The van der Waals surface area contributed by atoms with E-state index in [0.717, 1.165) is 42.9 Å². The molecule has 3 heterocycles. The average Bonchev–Trinajstić information content (AvgIpc) is 3.10. The van der Waals surface area contributed by atoms with E-state index in [2.05, 4.69) is 15.5 Å². The smallest absolute Gasteiger partial charge is 0.410 e. The van der Waals surface area contributed by atoms with Crippen LogP contribution in [0.4, 0.5) is 10.5 Å². The van der Waals surface area contributed by atoms with E-state index in [1.54, 1.807) is 23.1 Å². The van der Waals surface area contributed by atoms with Crippen molar-refractivity contribution in [1.29, 1.82) is 0 Å².